The Morgan fingerprint density at radius 3 is 2.85 bits per heavy atom. The molecule has 5 rings (SSSR count). The van der Waals surface area contributed by atoms with Crippen LogP contribution in [0.15, 0.2) is 57.5 Å². The van der Waals surface area contributed by atoms with Crippen molar-refractivity contribution in [2.45, 2.75) is 32.2 Å². The molecule has 1 N–H and O–H groups in total. The largest absolute Gasteiger partial charge is 0.338 e. The highest BCUT2D eigenvalue weighted by Crippen LogP contribution is 2.26. The summed E-state index contributed by atoms with van der Waals surface area (Å²) in [6.45, 7) is 2.75. The molecule has 0 radical (unpaired) electrons. The SMILES string of the molecule is O=C(Nc1cccc(N2CCCC2=O)c1)C1CCCN(Cc2nc(-c3cccc(Br)c3)no2)C1. The van der Waals surface area contributed by atoms with Crippen LogP contribution in [0.25, 0.3) is 11.4 Å². The summed E-state index contributed by atoms with van der Waals surface area (Å²) in [6.07, 6.45) is 3.21. The van der Waals surface area contributed by atoms with Crippen LogP contribution in [0.5, 0.6) is 0 Å². The summed E-state index contributed by atoms with van der Waals surface area (Å²) >= 11 is 3.46. The zero-order valence-electron chi connectivity index (χ0n) is 18.7. The third-order valence-electron chi connectivity index (χ3n) is 6.28. The lowest BCUT2D eigenvalue weighted by Gasteiger charge is -2.31. The van der Waals surface area contributed by atoms with E-state index < -0.39 is 0 Å². The van der Waals surface area contributed by atoms with Crippen molar-refractivity contribution in [3.8, 4) is 11.4 Å². The molecule has 1 atom stereocenters. The summed E-state index contributed by atoms with van der Waals surface area (Å²) in [4.78, 5) is 33.6. The molecule has 2 aromatic carbocycles. The molecule has 2 fully saturated rings. The van der Waals surface area contributed by atoms with Gasteiger partial charge in [-0.25, -0.2) is 0 Å². The van der Waals surface area contributed by atoms with Gasteiger partial charge >= 0.3 is 0 Å². The number of nitrogens with one attached hydrogen (secondary N) is 1. The number of aromatic nitrogens is 2. The standard InChI is InChI=1S/C25H26BrN5O3/c26-19-7-1-5-17(13-19)24-28-22(34-29-24)16-30-11-3-6-18(15-30)25(33)27-20-8-2-9-21(14-20)31-12-4-10-23(31)32/h1-2,5,7-9,13-14,18H,3-4,6,10-12,15-16H2,(H,27,33). The second kappa shape index (κ2) is 10.1. The molecule has 3 aromatic rings. The molecular formula is C25H26BrN5O3. The Labute approximate surface area is 206 Å². The van der Waals surface area contributed by atoms with E-state index in [1.54, 1.807) is 4.90 Å². The van der Waals surface area contributed by atoms with Crippen LogP contribution in [0, 0.1) is 5.92 Å². The van der Waals surface area contributed by atoms with E-state index in [-0.39, 0.29) is 17.7 Å². The van der Waals surface area contributed by atoms with Crippen LogP contribution < -0.4 is 10.2 Å². The van der Waals surface area contributed by atoms with Gasteiger partial charge in [0.05, 0.1) is 12.5 Å². The Morgan fingerprint density at radius 1 is 1.15 bits per heavy atom. The maximum absolute atomic E-state index is 13.0. The number of nitrogens with zero attached hydrogens (tertiary/aromatic N) is 4. The van der Waals surface area contributed by atoms with Crippen molar-refractivity contribution < 1.29 is 14.1 Å². The first-order chi connectivity index (χ1) is 16.5. The highest BCUT2D eigenvalue weighted by atomic mass is 79.9. The van der Waals surface area contributed by atoms with Gasteiger partial charge in [0.2, 0.25) is 23.5 Å². The Hall–Kier alpha value is -3.04. The molecule has 2 aliphatic heterocycles. The summed E-state index contributed by atoms with van der Waals surface area (Å²) in [5.74, 6) is 1.10. The number of anilines is 2. The van der Waals surface area contributed by atoms with E-state index in [0.29, 0.717) is 31.2 Å². The second-order valence-electron chi connectivity index (χ2n) is 8.78. The molecule has 0 spiro atoms. The number of carbonyl (C=O) groups is 2. The monoisotopic (exact) mass is 523 g/mol. The molecule has 0 saturated carbocycles. The number of amides is 2. The van der Waals surface area contributed by atoms with Crippen molar-refractivity contribution in [2.75, 3.05) is 29.9 Å². The van der Waals surface area contributed by atoms with E-state index in [2.05, 4.69) is 36.3 Å². The third kappa shape index (κ3) is 5.20. The second-order valence-corrected chi connectivity index (χ2v) is 9.70. The van der Waals surface area contributed by atoms with Gasteiger partial charge < -0.3 is 14.7 Å². The Balaban J connectivity index is 1.19. The predicted molar refractivity (Wildman–Crippen MR) is 132 cm³/mol. The lowest BCUT2D eigenvalue weighted by atomic mass is 9.97. The van der Waals surface area contributed by atoms with Gasteiger partial charge in [-0.05, 0) is 56.1 Å². The van der Waals surface area contributed by atoms with Crippen LogP contribution in [-0.4, -0.2) is 46.5 Å². The molecule has 2 saturated heterocycles. The zero-order chi connectivity index (χ0) is 23.5. The van der Waals surface area contributed by atoms with Crippen LogP contribution in [0.4, 0.5) is 11.4 Å². The minimum Gasteiger partial charge on any atom is -0.338 e. The Kier molecular flexibility index (Phi) is 6.73. The minimum atomic E-state index is -0.127. The fourth-order valence-corrected chi connectivity index (χ4v) is 4.98. The molecule has 176 valence electrons. The number of halogens is 1. The van der Waals surface area contributed by atoms with Crippen molar-refractivity contribution in [3.05, 3.63) is 58.9 Å². The first-order valence-corrected chi connectivity index (χ1v) is 12.4. The molecule has 2 aliphatic rings. The first-order valence-electron chi connectivity index (χ1n) is 11.6. The van der Waals surface area contributed by atoms with Crippen molar-refractivity contribution in [3.63, 3.8) is 0 Å². The predicted octanol–water partition coefficient (Wildman–Crippen LogP) is 4.48. The molecule has 2 amide bonds. The van der Waals surface area contributed by atoms with E-state index in [1.165, 1.54) is 0 Å². The number of piperidine rings is 1. The summed E-state index contributed by atoms with van der Waals surface area (Å²) in [7, 11) is 0. The molecule has 0 aliphatic carbocycles. The average Bonchev–Trinajstić information content (AvgIpc) is 3.48. The fraction of sp³-hybridized carbons (Fsp3) is 0.360. The number of likely N-dealkylation sites (tertiary alicyclic amines) is 1. The maximum Gasteiger partial charge on any atom is 0.241 e. The lowest BCUT2D eigenvalue weighted by Crippen LogP contribution is -2.40. The van der Waals surface area contributed by atoms with E-state index >= 15 is 0 Å². The highest BCUT2D eigenvalue weighted by Gasteiger charge is 2.27. The van der Waals surface area contributed by atoms with E-state index in [4.69, 9.17) is 4.52 Å². The normalized spacial score (nSPS) is 18.9. The van der Waals surface area contributed by atoms with E-state index in [0.717, 1.165) is 53.8 Å². The number of carbonyl (C=O) groups excluding carboxylic acids is 2. The van der Waals surface area contributed by atoms with Crippen LogP contribution in [0.1, 0.15) is 31.6 Å². The number of rotatable bonds is 6. The minimum absolute atomic E-state index is 0.00467. The third-order valence-corrected chi connectivity index (χ3v) is 6.78. The van der Waals surface area contributed by atoms with Crippen molar-refractivity contribution in [1.82, 2.24) is 15.0 Å². The van der Waals surface area contributed by atoms with Gasteiger partial charge in [-0.3, -0.25) is 14.5 Å². The topological polar surface area (TPSA) is 91.6 Å². The van der Waals surface area contributed by atoms with Gasteiger partial charge in [0.15, 0.2) is 0 Å². The molecule has 3 heterocycles. The Bertz CT molecular complexity index is 1200. The zero-order valence-corrected chi connectivity index (χ0v) is 20.3. The molecule has 1 unspecified atom stereocenters. The van der Waals surface area contributed by atoms with Crippen LogP contribution in [-0.2, 0) is 16.1 Å². The summed E-state index contributed by atoms with van der Waals surface area (Å²) in [5, 5.41) is 7.15. The maximum atomic E-state index is 13.0. The van der Waals surface area contributed by atoms with Crippen LogP contribution in [0.2, 0.25) is 0 Å². The van der Waals surface area contributed by atoms with Gasteiger partial charge in [-0.2, -0.15) is 4.98 Å². The quantitative estimate of drug-likeness (QED) is 0.512. The van der Waals surface area contributed by atoms with Crippen LogP contribution >= 0.6 is 15.9 Å². The summed E-state index contributed by atoms with van der Waals surface area (Å²) in [5.41, 5.74) is 2.44. The summed E-state index contributed by atoms with van der Waals surface area (Å²) in [6, 6.07) is 15.3. The van der Waals surface area contributed by atoms with Crippen molar-refractivity contribution in [2.24, 2.45) is 5.92 Å². The Morgan fingerprint density at radius 2 is 2.03 bits per heavy atom. The molecule has 34 heavy (non-hydrogen) atoms. The van der Waals surface area contributed by atoms with Gasteiger partial charge in [-0.1, -0.05) is 39.3 Å². The first kappa shape index (κ1) is 22.7. The number of hydrogen-bond acceptors (Lipinski definition) is 6. The van der Waals surface area contributed by atoms with E-state index in [1.807, 2.05) is 48.5 Å². The van der Waals surface area contributed by atoms with Gasteiger partial charge in [0.1, 0.15) is 0 Å². The number of hydrogen-bond donors (Lipinski definition) is 1. The fourth-order valence-electron chi connectivity index (χ4n) is 4.59. The van der Waals surface area contributed by atoms with Crippen molar-refractivity contribution in [1.29, 1.82) is 0 Å². The molecule has 8 nitrogen and oxygen atoms in total. The summed E-state index contributed by atoms with van der Waals surface area (Å²) < 4.78 is 6.43. The van der Waals surface area contributed by atoms with Gasteiger partial charge in [-0.15, -0.1) is 0 Å². The average molecular weight is 524 g/mol. The molecule has 0 bridgehead atoms. The van der Waals surface area contributed by atoms with Gasteiger partial charge in [0.25, 0.3) is 0 Å². The lowest BCUT2D eigenvalue weighted by molar-refractivity contribution is -0.121. The van der Waals surface area contributed by atoms with Crippen LogP contribution in [0.3, 0.4) is 0 Å². The van der Waals surface area contributed by atoms with Gasteiger partial charge in [0, 0.05) is 40.9 Å². The van der Waals surface area contributed by atoms with E-state index in [9.17, 15) is 9.59 Å². The number of benzene rings is 2. The molecular weight excluding hydrogens is 498 g/mol. The molecule has 9 heteroatoms. The molecule has 1 aromatic heterocycles. The van der Waals surface area contributed by atoms with Crippen molar-refractivity contribution >= 4 is 39.1 Å². The smallest absolute Gasteiger partial charge is 0.241 e. The highest BCUT2D eigenvalue weighted by molar-refractivity contribution is 9.10.